The zero-order valence-corrected chi connectivity index (χ0v) is 15.4. The highest BCUT2D eigenvalue weighted by atomic mass is 16.2. The van der Waals surface area contributed by atoms with Gasteiger partial charge in [0.2, 0.25) is 5.91 Å². The number of carbonyl (C=O) groups excluding carboxylic acids is 1. The molecule has 2 aliphatic rings. The van der Waals surface area contributed by atoms with Crippen LogP contribution in [-0.4, -0.2) is 15.7 Å². The molecule has 3 rings (SSSR count). The summed E-state index contributed by atoms with van der Waals surface area (Å²) >= 11 is 0. The van der Waals surface area contributed by atoms with E-state index in [1.807, 2.05) is 4.68 Å². The molecular weight excluding hydrogens is 286 g/mol. The van der Waals surface area contributed by atoms with E-state index in [1.165, 1.54) is 19.3 Å². The Hall–Kier alpha value is -1.32. The number of amides is 1. The van der Waals surface area contributed by atoms with Gasteiger partial charge >= 0.3 is 0 Å². The number of nitrogens with zero attached hydrogens (tertiary/aromatic N) is 2. The number of anilines is 1. The van der Waals surface area contributed by atoms with E-state index >= 15 is 0 Å². The zero-order valence-electron chi connectivity index (χ0n) is 15.4. The first-order valence-electron chi connectivity index (χ1n) is 8.97. The van der Waals surface area contributed by atoms with E-state index in [0.29, 0.717) is 5.92 Å². The predicted molar refractivity (Wildman–Crippen MR) is 93.5 cm³/mol. The van der Waals surface area contributed by atoms with Crippen LogP contribution in [0.3, 0.4) is 0 Å². The molecule has 2 aliphatic carbocycles. The van der Waals surface area contributed by atoms with Crippen LogP contribution in [0.4, 0.5) is 5.82 Å². The van der Waals surface area contributed by atoms with Gasteiger partial charge in [-0.05, 0) is 51.9 Å². The predicted octanol–water partition coefficient (Wildman–Crippen LogP) is 4.31. The van der Waals surface area contributed by atoms with Gasteiger partial charge in [0.05, 0.1) is 11.2 Å². The number of fused-ring (bicyclic) bond motifs is 2. The first-order valence-corrected chi connectivity index (χ1v) is 8.97. The van der Waals surface area contributed by atoms with Gasteiger partial charge in [0.15, 0.2) is 0 Å². The molecule has 4 nitrogen and oxygen atoms in total. The second kappa shape index (κ2) is 5.35. The Balaban J connectivity index is 1.84. The molecule has 128 valence electrons. The number of hydrogen-bond acceptors (Lipinski definition) is 2. The van der Waals surface area contributed by atoms with Gasteiger partial charge in [-0.3, -0.25) is 4.79 Å². The number of carbonyl (C=O) groups is 1. The van der Waals surface area contributed by atoms with Crippen LogP contribution in [0.2, 0.25) is 0 Å². The Morgan fingerprint density at radius 3 is 2.35 bits per heavy atom. The maximum absolute atomic E-state index is 12.8. The molecule has 0 radical (unpaired) electrons. The molecule has 0 aromatic carbocycles. The van der Waals surface area contributed by atoms with Crippen molar-refractivity contribution in [2.45, 2.75) is 78.2 Å². The minimum Gasteiger partial charge on any atom is -0.311 e. The molecule has 2 bridgehead atoms. The first kappa shape index (κ1) is 16.5. The van der Waals surface area contributed by atoms with Crippen molar-refractivity contribution in [3.63, 3.8) is 0 Å². The zero-order chi connectivity index (χ0) is 17.0. The lowest BCUT2D eigenvalue weighted by atomic mass is 9.88. The van der Waals surface area contributed by atoms with E-state index in [4.69, 9.17) is 5.10 Å². The maximum Gasteiger partial charge on any atom is 0.228 e. The van der Waals surface area contributed by atoms with Crippen LogP contribution in [0.1, 0.15) is 72.9 Å². The Kier molecular flexibility index (Phi) is 3.85. The molecule has 4 heteroatoms. The van der Waals surface area contributed by atoms with E-state index in [0.717, 1.165) is 23.9 Å². The summed E-state index contributed by atoms with van der Waals surface area (Å²) in [5.41, 5.74) is 0.846. The van der Waals surface area contributed by atoms with Crippen LogP contribution in [0.15, 0.2) is 6.07 Å². The van der Waals surface area contributed by atoms with Gasteiger partial charge in [0, 0.05) is 17.4 Å². The molecule has 3 unspecified atom stereocenters. The highest BCUT2D eigenvalue weighted by molar-refractivity contribution is 5.92. The monoisotopic (exact) mass is 317 g/mol. The third-order valence-electron chi connectivity index (χ3n) is 5.44. The van der Waals surface area contributed by atoms with E-state index < -0.39 is 0 Å². The molecule has 2 fully saturated rings. The lowest BCUT2D eigenvalue weighted by Gasteiger charge is -2.25. The van der Waals surface area contributed by atoms with Crippen LogP contribution in [0, 0.1) is 17.8 Å². The Labute approximate surface area is 140 Å². The first-order chi connectivity index (χ1) is 10.6. The van der Waals surface area contributed by atoms with Crippen molar-refractivity contribution in [2.24, 2.45) is 17.8 Å². The van der Waals surface area contributed by atoms with Gasteiger partial charge in [-0.1, -0.05) is 27.2 Å². The Bertz CT molecular complexity index is 603. The average Bonchev–Trinajstić information content (AvgIpc) is 3.10. The number of hydrogen-bond donors (Lipinski definition) is 1. The molecule has 1 N–H and O–H groups in total. The van der Waals surface area contributed by atoms with Gasteiger partial charge in [0.1, 0.15) is 5.82 Å². The molecule has 1 amide bonds. The summed E-state index contributed by atoms with van der Waals surface area (Å²) in [6.45, 7) is 12.8. The van der Waals surface area contributed by atoms with Crippen molar-refractivity contribution < 1.29 is 4.79 Å². The molecule has 0 saturated heterocycles. The van der Waals surface area contributed by atoms with Crippen LogP contribution in [-0.2, 0) is 15.7 Å². The molecular formula is C19H31N3O. The standard InChI is InChI=1S/C19H31N3O/c1-18(2,3)15-11-16(22(21-15)19(4,5)6)20-17(23)14-10-12-7-8-13(14)9-12/h11-14H,7-10H2,1-6H3,(H,20,23). The van der Waals surface area contributed by atoms with Gasteiger partial charge in [-0.25, -0.2) is 4.68 Å². The summed E-state index contributed by atoms with van der Waals surface area (Å²) in [5, 5.41) is 7.98. The second-order valence-corrected chi connectivity index (χ2v) is 9.52. The minimum atomic E-state index is -0.152. The van der Waals surface area contributed by atoms with Crippen LogP contribution in [0.5, 0.6) is 0 Å². The Morgan fingerprint density at radius 2 is 1.87 bits per heavy atom. The lowest BCUT2D eigenvalue weighted by Crippen LogP contribution is -2.31. The van der Waals surface area contributed by atoms with Gasteiger partial charge in [-0.15, -0.1) is 0 Å². The third kappa shape index (κ3) is 3.17. The van der Waals surface area contributed by atoms with Gasteiger partial charge < -0.3 is 5.32 Å². The summed E-state index contributed by atoms with van der Waals surface area (Å²) in [5.74, 6) is 2.63. The summed E-state index contributed by atoms with van der Waals surface area (Å²) in [6.07, 6.45) is 4.88. The van der Waals surface area contributed by atoms with Gasteiger partial charge in [0.25, 0.3) is 0 Å². The molecule has 0 aliphatic heterocycles. The molecule has 1 aromatic heterocycles. The average molecular weight is 317 g/mol. The van der Waals surface area contributed by atoms with Crippen LogP contribution < -0.4 is 5.32 Å². The molecule has 2 saturated carbocycles. The fourth-order valence-electron chi connectivity index (χ4n) is 4.13. The smallest absolute Gasteiger partial charge is 0.228 e. The SMILES string of the molecule is CC(C)(C)c1cc(NC(=O)C2CC3CCC2C3)n(C(C)(C)C)n1. The van der Waals surface area contributed by atoms with Crippen LogP contribution >= 0.6 is 0 Å². The van der Waals surface area contributed by atoms with E-state index in [9.17, 15) is 4.79 Å². The van der Waals surface area contributed by atoms with E-state index in [-0.39, 0.29) is 22.8 Å². The molecule has 0 spiro atoms. The summed E-state index contributed by atoms with van der Waals surface area (Å²) in [7, 11) is 0. The number of rotatable bonds is 2. The van der Waals surface area contributed by atoms with E-state index in [1.54, 1.807) is 0 Å². The largest absolute Gasteiger partial charge is 0.311 e. The van der Waals surface area contributed by atoms with Crippen molar-refractivity contribution in [3.8, 4) is 0 Å². The van der Waals surface area contributed by atoms with Crippen molar-refractivity contribution in [2.75, 3.05) is 5.32 Å². The second-order valence-electron chi connectivity index (χ2n) is 9.52. The summed E-state index contributed by atoms with van der Waals surface area (Å²) in [4.78, 5) is 12.8. The van der Waals surface area contributed by atoms with Crippen LogP contribution in [0.25, 0.3) is 0 Å². The highest BCUT2D eigenvalue weighted by Crippen LogP contribution is 2.48. The van der Waals surface area contributed by atoms with Gasteiger partial charge in [-0.2, -0.15) is 5.10 Å². The van der Waals surface area contributed by atoms with Crippen molar-refractivity contribution >= 4 is 11.7 Å². The quantitative estimate of drug-likeness (QED) is 0.883. The van der Waals surface area contributed by atoms with E-state index in [2.05, 4.69) is 52.9 Å². The Morgan fingerprint density at radius 1 is 1.17 bits per heavy atom. The number of nitrogens with one attached hydrogen (secondary N) is 1. The third-order valence-corrected chi connectivity index (χ3v) is 5.44. The lowest BCUT2D eigenvalue weighted by molar-refractivity contribution is -0.121. The van der Waals surface area contributed by atoms with Crippen molar-refractivity contribution in [1.29, 1.82) is 0 Å². The highest BCUT2D eigenvalue weighted by Gasteiger charge is 2.43. The van der Waals surface area contributed by atoms with Crippen molar-refractivity contribution in [1.82, 2.24) is 9.78 Å². The molecule has 1 aromatic rings. The minimum absolute atomic E-state index is 0.0254. The fourth-order valence-corrected chi connectivity index (χ4v) is 4.13. The molecule has 23 heavy (non-hydrogen) atoms. The maximum atomic E-state index is 12.8. The fraction of sp³-hybridized carbons (Fsp3) is 0.789. The molecule has 1 heterocycles. The normalized spacial score (nSPS) is 27.5. The molecule has 3 atom stereocenters. The summed E-state index contributed by atoms with van der Waals surface area (Å²) in [6, 6.07) is 2.05. The van der Waals surface area contributed by atoms with Crippen molar-refractivity contribution in [3.05, 3.63) is 11.8 Å². The topological polar surface area (TPSA) is 46.9 Å². The number of aromatic nitrogens is 2. The summed E-state index contributed by atoms with van der Waals surface area (Å²) < 4.78 is 1.97.